The first-order chi connectivity index (χ1) is 8.70. The summed E-state index contributed by atoms with van der Waals surface area (Å²) < 4.78 is 5.49. The summed E-state index contributed by atoms with van der Waals surface area (Å²) in [6.45, 7) is 2.63. The maximum atomic E-state index is 6.49. The van der Waals surface area contributed by atoms with Crippen LogP contribution >= 0.6 is 11.6 Å². The molecule has 4 heteroatoms. The van der Waals surface area contributed by atoms with Crippen molar-refractivity contribution in [1.29, 1.82) is 0 Å². The van der Waals surface area contributed by atoms with E-state index in [-0.39, 0.29) is 0 Å². The molecule has 1 aliphatic carbocycles. The van der Waals surface area contributed by atoms with Crippen LogP contribution < -0.4 is 10.6 Å². The third-order valence-corrected chi connectivity index (χ3v) is 4.19. The van der Waals surface area contributed by atoms with Crippen molar-refractivity contribution < 1.29 is 9.57 Å². The lowest BCUT2D eigenvalue weighted by Crippen LogP contribution is -2.12. The van der Waals surface area contributed by atoms with Crippen molar-refractivity contribution in [3.8, 4) is 5.75 Å². The van der Waals surface area contributed by atoms with Gasteiger partial charge >= 0.3 is 0 Å². The zero-order valence-electron chi connectivity index (χ0n) is 11.0. The smallest absolute Gasteiger partial charge is 0.141 e. The number of rotatable bonds is 4. The topological polar surface area (TPSA) is 44.5 Å². The molecule has 3 nitrogen and oxygen atoms in total. The van der Waals surface area contributed by atoms with Crippen LogP contribution in [0, 0.1) is 6.92 Å². The van der Waals surface area contributed by atoms with Crippen molar-refractivity contribution >= 4 is 11.6 Å². The summed E-state index contributed by atoms with van der Waals surface area (Å²) in [4.78, 5) is 4.69. The van der Waals surface area contributed by atoms with Crippen molar-refractivity contribution in [2.75, 3.05) is 13.7 Å². The lowest BCUT2D eigenvalue weighted by molar-refractivity contribution is 0.140. The normalized spacial score (nSPS) is 14.4. The van der Waals surface area contributed by atoms with Crippen molar-refractivity contribution in [3.05, 3.63) is 27.3 Å². The maximum Gasteiger partial charge on any atom is 0.141 e. The molecule has 0 fully saturated rings. The molecule has 0 saturated carbocycles. The van der Waals surface area contributed by atoms with Crippen molar-refractivity contribution in [2.45, 2.75) is 39.0 Å². The molecule has 0 heterocycles. The van der Waals surface area contributed by atoms with E-state index in [1.807, 2.05) is 0 Å². The predicted octanol–water partition coefficient (Wildman–Crippen LogP) is 2.97. The lowest BCUT2D eigenvalue weighted by atomic mass is 9.85. The summed E-state index contributed by atoms with van der Waals surface area (Å²) in [5, 5.41) is 0.782. The summed E-state index contributed by atoms with van der Waals surface area (Å²) >= 11 is 6.49. The molecule has 2 N–H and O–H groups in total. The van der Waals surface area contributed by atoms with Gasteiger partial charge in [-0.2, -0.15) is 0 Å². The Morgan fingerprint density at radius 2 is 1.89 bits per heavy atom. The number of hydrogen-bond acceptors (Lipinski definition) is 3. The highest BCUT2D eigenvalue weighted by Crippen LogP contribution is 2.40. The number of halogens is 1. The van der Waals surface area contributed by atoms with Gasteiger partial charge in [0.05, 0.1) is 18.7 Å². The Labute approximate surface area is 113 Å². The average molecular weight is 270 g/mol. The molecule has 18 heavy (non-hydrogen) atoms. The Morgan fingerprint density at radius 3 is 2.50 bits per heavy atom. The zero-order chi connectivity index (χ0) is 13.1. The van der Waals surface area contributed by atoms with E-state index < -0.39 is 0 Å². The van der Waals surface area contributed by atoms with Crippen LogP contribution in [0.5, 0.6) is 5.75 Å². The molecule has 0 saturated heterocycles. The van der Waals surface area contributed by atoms with Crippen LogP contribution in [0.25, 0.3) is 0 Å². The van der Waals surface area contributed by atoms with E-state index in [1.54, 1.807) is 7.11 Å². The third-order valence-electron chi connectivity index (χ3n) is 3.79. The van der Waals surface area contributed by atoms with Crippen molar-refractivity contribution in [3.63, 3.8) is 0 Å². The molecule has 0 aliphatic heterocycles. The Hall–Kier alpha value is -0.770. The fourth-order valence-corrected chi connectivity index (χ4v) is 3.26. The number of methoxy groups -OCH3 is 1. The predicted molar refractivity (Wildman–Crippen MR) is 73.2 cm³/mol. The van der Waals surface area contributed by atoms with Crippen LogP contribution in [-0.4, -0.2) is 13.7 Å². The van der Waals surface area contributed by atoms with Crippen LogP contribution in [0.15, 0.2) is 0 Å². The Morgan fingerprint density at radius 1 is 1.22 bits per heavy atom. The molecule has 2 rings (SSSR count). The van der Waals surface area contributed by atoms with Crippen LogP contribution in [0.3, 0.4) is 0 Å². The zero-order valence-corrected chi connectivity index (χ0v) is 11.8. The number of hydrogen-bond donors (Lipinski definition) is 1. The van der Waals surface area contributed by atoms with Gasteiger partial charge < -0.3 is 9.57 Å². The molecule has 0 spiro atoms. The molecule has 0 bridgehead atoms. The average Bonchev–Trinajstić information content (AvgIpc) is 2.41. The second kappa shape index (κ2) is 5.91. The van der Waals surface area contributed by atoms with Crippen LogP contribution in [0.2, 0.25) is 5.02 Å². The standard InChI is InChI=1S/C14H20ClNO2/c1-9-10-5-3-4-6-12(10)13(15)14(17-2)11(9)7-8-18-16/h3-8,16H2,1-2H3. The molecule has 1 aromatic carbocycles. The van der Waals surface area contributed by atoms with E-state index >= 15 is 0 Å². The van der Waals surface area contributed by atoms with Crippen LogP contribution in [0.1, 0.15) is 35.1 Å². The largest absolute Gasteiger partial charge is 0.495 e. The molecule has 1 aromatic rings. The van der Waals surface area contributed by atoms with E-state index in [9.17, 15) is 0 Å². The Bertz CT molecular complexity index is 446. The fourth-order valence-electron chi connectivity index (χ4n) is 2.86. The van der Waals surface area contributed by atoms with Gasteiger partial charge in [0.15, 0.2) is 0 Å². The Kier molecular flexibility index (Phi) is 4.49. The molecule has 0 aromatic heterocycles. The molecule has 100 valence electrons. The summed E-state index contributed by atoms with van der Waals surface area (Å²) in [6.07, 6.45) is 5.35. The molecular formula is C14H20ClNO2. The van der Waals surface area contributed by atoms with Gasteiger partial charge in [-0.15, -0.1) is 0 Å². The fraction of sp³-hybridized carbons (Fsp3) is 0.571. The van der Waals surface area contributed by atoms with Gasteiger partial charge in [-0.25, -0.2) is 5.90 Å². The summed E-state index contributed by atoms with van der Waals surface area (Å²) in [5.41, 5.74) is 5.10. The van der Waals surface area contributed by atoms with Crippen molar-refractivity contribution in [1.82, 2.24) is 0 Å². The van der Waals surface area contributed by atoms with Gasteiger partial charge in [-0.3, -0.25) is 0 Å². The molecule has 0 amide bonds. The van der Waals surface area contributed by atoms with E-state index in [2.05, 4.69) is 11.8 Å². The highest BCUT2D eigenvalue weighted by molar-refractivity contribution is 6.33. The van der Waals surface area contributed by atoms with Gasteiger partial charge in [0, 0.05) is 12.0 Å². The first-order valence-electron chi connectivity index (χ1n) is 6.39. The van der Waals surface area contributed by atoms with E-state index in [0.29, 0.717) is 6.61 Å². The monoisotopic (exact) mass is 269 g/mol. The van der Waals surface area contributed by atoms with Gasteiger partial charge in [0.25, 0.3) is 0 Å². The summed E-state index contributed by atoms with van der Waals surface area (Å²) in [6, 6.07) is 0. The van der Waals surface area contributed by atoms with Gasteiger partial charge in [0.1, 0.15) is 5.75 Å². The van der Waals surface area contributed by atoms with Gasteiger partial charge in [-0.05, 0) is 49.3 Å². The van der Waals surface area contributed by atoms with E-state index in [4.69, 9.17) is 22.2 Å². The number of benzene rings is 1. The van der Waals surface area contributed by atoms with Gasteiger partial charge in [-0.1, -0.05) is 11.6 Å². The minimum atomic E-state index is 0.478. The molecule has 0 unspecified atom stereocenters. The minimum absolute atomic E-state index is 0.478. The third kappa shape index (κ3) is 2.35. The first-order valence-corrected chi connectivity index (χ1v) is 6.76. The van der Waals surface area contributed by atoms with Crippen LogP contribution in [0.4, 0.5) is 0 Å². The number of fused-ring (bicyclic) bond motifs is 1. The lowest BCUT2D eigenvalue weighted by Gasteiger charge is -2.24. The SMILES string of the molecule is COc1c(Cl)c2c(c(C)c1CCON)CCCC2. The second-order valence-electron chi connectivity index (χ2n) is 4.74. The van der Waals surface area contributed by atoms with Crippen molar-refractivity contribution in [2.24, 2.45) is 5.90 Å². The van der Waals surface area contributed by atoms with Gasteiger partial charge in [0.2, 0.25) is 0 Å². The Balaban J connectivity index is 2.53. The molecule has 0 radical (unpaired) electrons. The van der Waals surface area contributed by atoms with E-state index in [1.165, 1.54) is 29.5 Å². The first kappa shape index (κ1) is 13.7. The van der Waals surface area contributed by atoms with Crippen LogP contribution in [-0.2, 0) is 24.1 Å². The molecule has 1 aliphatic rings. The molecular weight excluding hydrogens is 250 g/mol. The molecule has 0 atom stereocenters. The minimum Gasteiger partial charge on any atom is -0.495 e. The maximum absolute atomic E-state index is 6.49. The second-order valence-corrected chi connectivity index (χ2v) is 5.11. The number of nitrogens with two attached hydrogens (primary N) is 1. The highest BCUT2D eigenvalue weighted by atomic mass is 35.5. The summed E-state index contributed by atoms with van der Waals surface area (Å²) in [5.74, 6) is 5.92. The van der Waals surface area contributed by atoms with E-state index in [0.717, 1.165) is 35.6 Å². The number of ether oxygens (including phenoxy) is 1. The summed E-state index contributed by atoms with van der Waals surface area (Å²) in [7, 11) is 1.67. The quantitative estimate of drug-likeness (QED) is 0.855. The highest BCUT2D eigenvalue weighted by Gasteiger charge is 2.22.